The summed E-state index contributed by atoms with van der Waals surface area (Å²) in [6.07, 6.45) is -2.83. The zero-order valence-corrected chi connectivity index (χ0v) is 8.39. The van der Waals surface area contributed by atoms with E-state index in [1.165, 1.54) is 6.08 Å². The van der Waals surface area contributed by atoms with E-state index in [2.05, 4.69) is 6.58 Å². The van der Waals surface area contributed by atoms with Crippen molar-refractivity contribution in [2.75, 3.05) is 0 Å². The summed E-state index contributed by atoms with van der Waals surface area (Å²) >= 11 is 0. The third kappa shape index (κ3) is 2.82. The van der Waals surface area contributed by atoms with Gasteiger partial charge in [-0.15, -0.1) is 6.58 Å². The predicted octanol–water partition coefficient (Wildman–Crippen LogP) is 3.42. The van der Waals surface area contributed by atoms with E-state index in [4.69, 9.17) is 5.73 Å². The van der Waals surface area contributed by atoms with Crippen molar-refractivity contribution < 1.29 is 17.6 Å². The molecule has 5 heteroatoms. The first-order valence-corrected chi connectivity index (χ1v) is 4.59. The second-order valence-electron chi connectivity index (χ2n) is 3.36. The van der Waals surface area contributed by atoms with Crippen LogP contribution in [0.15, 0.2) is 30.9 Å². The smallest absolute Gasteiger partial charge is 0.324 e. The van der Waals surface area contributed by atoms with Gasteiger partial charge < -0.3 is 5.73 Å². The molecular weight excluding hydrogens is 222 g/mol. The van der Waals surface area contributed by atoms with Crippen molar-refractivity contribution in [2.24, 2.45) is 5.73 Å². The van der Waals surface area contributed by atoms with Gasteiger partial charge in [0, 0.05) is 11.6 Å². The fraction of sp³-hybridized carbons (Fsp3) is 0.273. The Kier molecular flexibility index (Phi) is 3.70. The maximum atomic E-state index is 13.2. The number of nitrogens with two attached hydrogens (primary N) is 1. The van der Waals surface area contributed by atoms with Gasteiger partial charge in [0.1, 0.15) is 5.82 Å². The maximum absolute atomic E-state index is 13.2. The van der Waals surface area contributed by atoms with E-state index >= 15 is 0 Å². The highest BCUT2D eigenvalue weighted by Crippen LogP contribution is 2.31. The molecule has 0 aliphatic rings. The molecule has 1 atom stereocenters. The zero-order valence-electron chi connectivity index (χ0n) is 8.39. The number of rotatable bonds is 3. The van der Waals surface area contributed by atoms with Crippen molar-refractivity contribution >= 4 is 0 Å². The Hall–Kier alpha value is -1.36. The first-order valence-electron chi connectivity index (χ1n) is 4.59. The minimum absolute atomic E-state index is 0.144. The Bertz CT molecular complexity index is 384. The number of halogens is 4. The van der Waals surface area contributed by atoms with Gasteiger partial charge in [0.05, 0.1) is 5.56 Å². The highest BCUT2D eigenvalue weighted by molar-refractivity contribution is 5.29. The lowest BCUT2D eigenvalue weighted by atomic mass is 10.0. The first kappa shape index (κ1) is 12.7. The van der Waals surface area contributed by atoms with Crippen LogP contribution >= 0.6 is 0 Å². The van der Waals surface area contributed by atoms with Crippen LogP contribution < -0.4 is 5.73 Å². The lowest BCUT2D eigenvalue weighted by molar-refractivity contribution is -0.137. The Balaban J connectivity index is 3.13. The molecule has 0 aromatic heterocycles. The van der Waals surface area contributed by atoms with Crippen LogP contribution in [0.2, 0.25) is 0 Å². The van der Waals surface area contributed by atoms with Crippen molar-refractivity contribution in [3.8, 4) is 0 Å². The molecule has 0 amide bonds. The van der Waals surface area contributed by atoms with E-state index in [-0.39, 0.29) is 12.0 Å². The van der Waals surface area contributed by atoms with E-state index in [9.17, 15) is 17.6 Å². The maximum Gasteiger partial charge on any atom is 0.416 e. The predicted molar refractivity (Wildman–Crippen MR) is 53.1 cm³/mol. The van der Waals surface area contributed by atoms with Crippen molar-refractivity contribution in [3.05, 3.63) is 47.8 Å². The average molecular weight is 233 g/mol. The van der Waals surface area contributed by atoms with Crippen LogP contribution in [-0.2, 0) is 6.18 Å². The molecule has 0 fully saturated rings. The molecule has 0 spiro atoms. The standard InChI is InChI=1S/C11H11F4N/c1-2-3-10(16)8-6-7(11(13,14)15)4-5-9(8)12/h2,4-6,10H,1,3,16H2. The van der Waals surface area contributed by atoms with Gasteiger partial charge in [-0.25, -0.2) is 4.39 Å². The summed E-state index contributed by atoms with van der Waals surface area (Å²) in [4.78, 5) is 0. The van der Waals surface area contributed by atoms with Gasteiger partial charge >= 0.3 is 6.18 Å². The molecule has 1 nitrogen and oxygen atoms in total. The second-order valence-corrected chi connectivity index (χ2v) is 3.36. The van der Waals surface area contributed by atoms with Crippen LogP contribution in [0.1, 0.15) is 23.6 Å². The molecule has 1 rings (SSSR count). The van der Waals surface area contributed by atoms with Gasteiger partial charge in [-0.05, 0) is 24.6 Å². The fourth-order valence-corrected chi connectivity index (χ4v) is 1.31. The Morgan fingerprint density at radius 3 is 2.50 bits per heavy atom. The van der Waals surface area contributed by atoms with Crippen LogP contribution in [0.4, 0.5) is 17.6 Å². The lowest BCUT2D eigenvalue weighted by Crippen LogP contribution is -2.13. The quantitative estimate of drug-likeness (QED) is 0.628. The molecule has 0 aliphatic heterocycles. The molecule has 0 aliphatic carbocycles. The van der Waals surface area contributed by atoms with Crippen molar-refractivity contribution in [1.29, 1.82) is 0 Å². The molecule has 1 unspecified atom stereocenters. The lowest BCUT2D eigenvalue weighted by Gasteiger charge is -2.13. The number of alkyl halides is 3. The van der Waals surface area contributed by atoms with Gasteiger partial charge in [0.15, 0.2) is 0 Å². The largest absolute Gasteiger partial charge is 0.416 e. The first-order chi connectivity index (χ1) is 7.36. The number of hydrogen-bond acceptors (Lipinski definition) is 1. The number of benzene rings is 1. The van der Waals surface area contributed by atoms with Crippen LogP contribution in [0.3, 0.4) is 0 Å². The summed E-state index contributed by atoms with van der Waals surface area (Å²) in [5.41, 5.74) is 4.50. The SMILES string of the molecule is C=CCC(N)c1cc(C(F)(F)F)ccc1F. The summed E-state index contributed by atoms with van der Waals surface area (Å²) in [6.45, 7) is 3.40. The van der Waals surface area contributed by atoms with Crippen molar-refractivity contribution in [1.82, 2.24) is 0 Å². The van der Waals surface area contributed by atoms with Crippen LogP contribution in [0.5, 0.6) is 0 Å². The summed E-state index contributed by atoms with van der Waals surface area (Å²) < 4.78 is 50.3. The molecule has 16 heavy (non-hydrogen) atoms. The summed E-state index contributed by atoms with van der Waals surface area (Å²) in [5, 5.41) is 0. The monoisotopic (exact) mass is 233 g/mol. The molecule has 0 saturated carbocycles. The van der Waals surface area contributed by atoms with Gasteiger partial charge in [0.2, 0.25) is 0 Å². The minimum Gasteiger partial charge on any atom is -0.324 e. The van der Waals surface area contributed by atoms with Crippen LogP contribution in [0, 0.1) is 5.82 Å². The van der Waals surface area contributed by atoms with E-state index in [1.807, 2.05) is 0 Å². The topological polar surface area (TPSA) is 26.0 Å². The van der Waals surface area contributed by atoms with Gasteiger partial charge in [-0.1, -0.05) is 6.08 Å². The molecule has 88 valence electrons. The van der Waals surface area contributed by atoms with Gasteiger partial charge in [0.25, 0.3) is 0 Å². The fourth-order valence-electron chi connectivity index (χ4n) is 1.31. The average Bonchev–Trinajstić information content (AvgIpc) is 2.16. The Morgan fingerprint density at radius 2 is 2.00 bits per heavy atom. The summed E-state index contributed by atoms with van der Waals surface area (Å²) in [6, 6.07) is 1.41. The van der Waals surface area contributed by atoms with Crippen molar-refractivity contribution in [3.63, 3.8) is 0 Å². The van der Waals surface area contributed by atoms with E-state index in [0.29, 0.717) is 6.07 Å². The molecule has 0 radical (unpaired) electrons. The third-order valence-corrected chi connectivity index (χ3v) is 2.14. The molecular formula is C11H11F4N. The highest BCUT2D eigenvalue weighted by atomic mass is 19.4. The summed E-state index contributed by atoms with van der Waals surface area (Å²) in [5.74, 6) is -0.734. The molecule has 1 aromatic rings. The number of hydrogen-bond donors (Lipinski definition) is 1. The molecule has 0 saturated heterocycles. The molecule has 1 aromatic carbocycles. The minimum atomic E-state index is -4.49. The Labute approximate surface area is 90.6 Å². The van der Waals surface area contributed by atoms with Gasteiger partial charge in [-0.2, -0.15) is 13.2 Å². The zero-order chi connectivity index (χ0) is 12.3. The Morgan fingerprint density at radius 1 is 1.38 bits per heavy atom. The second kappa shape index (κ2) is 4.65. The normalized spacial score (nSPS) is 13.6. The van der Waals surface area contributed by atoms with Crippen molar-refractivity contribution in [2.45, 2.75) is 18.6 Å². The van der Waals surface area contributed by atoms with Gasteiger partial charge in [-0.3, -0.25) is 0 Å². The summed E-state index contributed by atoms with van der Waals surface area (Å²) in [7, 11) is 0. The van der Waals surface area contributed by atoms with Crippen LogP contribution in [0.25, 0.3) is 0 Å². The van der Waals surface area contributed by atoms with E-state index in [0.717, 1.165) is 12.1 Å². The third-order valence-electron chi connectivity index (χ3n) is 2.14. The highest BCUT2D eigenvalue weighted by Gasteiger charge is 2.31. The van der Waals surface area contributed by atoms with Crippen LogP contribution in [-0.4, -0.2) is 0 Å². The van der Waals surface area contributed by atoms with E-state index in [1.54, 1.807) is 0 Å². The molecule has 2 N–H and O–H groups in total. The van der Waals surface area contributed by atoms with E-state index < -0.39 is 23.6 Å². The molecule has 0 bridgehead atoms. The molecule has 0 heterocycles.